The Bertz CT molecular complexity index is 822. The number of aromatic amines is 2. The maximum Gasteiger partial charge on any atom is 0.326 e. The molecule has 0 aliphatic carbocycles. The second-order valence-corrected chi connectivity index (χ2v) is 6.71. The lowest BCUT2D eigenvalue weighted by Gasteiger charge is -2.15. The minimum absolute atomic E-state index is 0.299. The van der Waals surface area contributed by atoms with Crippen LogP contribution in [0.4, 0.5) is 0 Å². The molecule has 2 rings (SSSR count). The third kappa shape index (κ3) is 3.19. The first-order chi connectivity index (χ1) is 9.17. The molecule has 7 nitrogen and oxygen atoms in total. The number of H-pyrrole nitrogens is 2. The molecule has 4 N–H and O–H groups in total. The first-order valence-corrected chi connectivity index (χ1v) is 7.85. The fraction of sp³-hybridized carbons (Fsp3) is 0.273. The van der Waals surface area contributed by atoms with Gasteiger partial charge in [-0.1, -0.05) is 18.5 Å². The van der Waals surface area contributed by atoms with Crippen LogP contribution in [0.25, 0.3) is 11.0 Å². The number of halogens is 1. The molecule has 0 aliphatic rings. The second kappa shape index (κ2) is 5.18. The Kier molecular flexibility index (Phi) is 3.88. The molecule has 2 aromatic rings. The number of hydrogen-bond acceptors (Lipinski definition) is 3. The van der Waals surface area contributed by atoms with Crippen molar-refractivity contribution in [3.8, 4) is 0 Å². The number of aromatic nitrogens is 2. The highest BCUT2D eigenvalue weighted by Gasteiger charge is 2.22. The Morgan fingerprint density at radius 3 is 2.45 bits per heavy atom. The third-order valence-electron chi connectivity index (χ3n) is 2.87. The number of benzene rings is 1. The van der Waals surface area contributed by atoms with E-state index in [0.29, 0.717) is 21.6 Å². The van der Waals surface area contributed by atoms with Crippen molar-refractivity contribution in [2.24, 2.45) is 0 Å². The van der Waals surface area contributed by atoms with E-state index in [1.165, 1.54) is 12.1 Å². The van der Waals surface area contributed by atoms with Gasteiger partial charge in [-0.15, -0.1) is 0 Å². The molecule has 1 atom stereocenters. The lowest BCUT2D eigenvalue weighted by Crippen LogP contribution is -2.29. The van der Waals surface area contributed by atoms with E-state index in [1.807, 2.05) is 0 Å². The van der Waals surface area contributed by atoms with Crippen molar-refractivity contribution in [2.45, 2.75) is 12.8 Å². The molecular formula is C11H12ClN2O5P. The number of nitrogens with one attached hydrogen (secondary N) is 2. The maximum absolute atomic E-state index is 11.4. The highest BCUT2D eigenvalue weighted by atomic mass is 35.5. The number of fused-ring (bicyclic) bond motifs is 1. The fourth-order valence-electron chi connectivity index (χ4n) is 2.06. The van der Waals surface area contributed by atoms with Gasteiger partial charge >= 0.3 is 18.7 Å². The van der Waals surface area contributed by atoms with E-state index in [4.69, 9.17) is 21.4 Å². The summed E-state index contributed by atoms with van der Waals surface area (Å²) in [4.78, 5) is 45.5. The molecule has 20 heavy (non-hydrogen) atoms. The minimum Gasteiger partial charge on any atom is -0.324 e. The van der Waals surface area contributed by atoms with Gasteiger partial charge < -0.3 is 19.8 Å². The zero-order chi connectivity index (χ0) is 15.1. The van der Waals surface area contributed by atoms with Crippen LogP contribution in [0.15, 0.2) is 21.7 Å². The van der Waals surface area contributed by atoms with E-state index in [2.05, 4.69) is 9.97 Å². The average Bonchev–Trinajstić information content (AvgIpc) is 2.28. The summed E-state index contributed by atoms with van der Waals surface area (Å²) in [5.74, 6) is -0.543. The van der Waals surface area contributed by atoms with Crippen LogP contribution in [-0.4, -0.2) is 25.9 Å². The topological polar surface area (TPSA) is 123 Å². The van der Waals surface area contributed by atoms with Crippen LogP contribution in [0.1, 0.15) is 18.4 Å². The third-order valence-corrected chi connectivity index (χ3v) is 4.11. The second-order valence-electron chi connectivity index (χ2n) is 4.57. The van der Waals surface area contributed by atoms with Crippen molar-refractivity contribution in [1.29, 1.82) is 0 Å². The van der Waals surface area contributed by atoms with Crippen LogP contribution in [0, 0.1) is 0 Å². The van der Waals surface area contributed by atoms with Crippen molar-refractivity contribution in [2.75, 3.05) is 6.16 Å². The molecule has 9 heteroatoms. The molecule has 108 valence electrons. The van der Waals surface area contributed by atoms with E-state index in [0.717, 1.165) is 0 Å². The number of hydrogen-bond donors (Lipinski definition) is 4. The summed E-state index contributed by atoms with van der Waals surface area (Å²) in [6, 6.07) is 2.97. The summed E-state index contributed by atoms with van der Waals surface area (Å²) >= 11 is 5.92. The normalized spacial score (nSPS) is 13.6. The standard InChI is InChI=1S/C11H12ClN2O5P/c1-5(4-20(17,18)19)7-2-6(12)3-8-9(7)14-11(16)10(15)13-8/h2-3,5H,4H2,1H3,(H,13,15)(H,14,16)(H2,17,18,19). The maximum atomic E-state index is 11.4. The van der Waals surface area contributed by atoms with E-state index < -0.39 is 24.6 Å². The minimum atomic E-state index is -4.21. The first kappa shape index (κ1) is 15.0. The molecule has 0 amide bonds. The van der Waals surface area contributed by atoms with Gasteiger partial charge in [0.2, 0.25) is 0 Å². The molecule has 0 radical (unpaired) electrons. The van der Waals surface area contributed by atoms with Crippen molar-refractivity contribution in [1.82, 2.24) is 9.97 Å². The smallest absolute Gasteiger partial charge is 0.324 e. The fourth-order valence-corrected chi connectivity index (χ4v) is 3.20. The Morgan fingerprint density at radius 1 is 1.25 bits per heavy atom. The molecule has 1 aromatic carbocycles. The molecule has 0 spiro atoms. The summed E-state index contributed by atoms with van der Waals surface area (Å²) < 4.78 is 11.1. The highest BCUT2D eigenvalue weighted by molar-refractivity contribution is 7.51. The molecule has 1 aromatic heterocycles. The zero-order valence-corrected chi connectivity index (χ0v) is 12.0. The van der Waals surface area contributed by atoms with E-state index in [9.17, 15) is 14.2 Å². The van der Waals surface area contributed by atoms with Gasteiger partial charge in [-0.05, 0) is 23.6 Å². The van der Waals surface area contributed by atoms with Crippen LogP contribution >= 0.6 is 19.2 Å². The van der Waals surface area contributed by atoms with Gasteiger partial charge in [-0.25, -0.2) is 0 Å². The summed E-state index contributed by atoms with van der Waals surface area (Å²) in [6.45, 7) is 1.60. The average molecular weight is 319 g/mol. The van der Waals surface area contributed by atoms with Gasteiger partial charge in [0, 0.05) is 5.02 Å². The zero-order valence-electron chi connectivity index (χ0n) is 10.4. The van der Waals surface area contributed by atoms with Gasteiger partial charge in [0.25, 0.3) is 0 Å². The monoisotopic (exact) mass is 318 g/mol. The van der Waals surface area contributed by atoms with Gasteiger partial charge in [0.05, 0.1) is 17.2 Å². The molecule has 0 aliphatic heterocycles. The predicted octanol–water partition coefficient (Wildman–Crippen LogP) is 1.15. The quantitative estimate of drug-likeness (QED) is 0.499. The van der Waals surface area contributed by atoms with Crippen LogP contribution in [0.3, 0.4) is 0 Å². The first-order valence-electron chi connectivity index (χ1n) is 5.68. The Hall–Kier alpha value is -1.40. The van der Waals surface area contributed by atoms with Crippen LogP contribution in [0.5, 0.6) is 0 Å². The van der Waals surface area contributed by atoms with Gasteiger partial charge in [-0.2, -0.15) is 0 Å². The molecular weight excluding hydrogens is 307 g/mol. The van der Waals surface area contributed by atoms with E-state index in [-0.39, 0.29) is 6.16 Å². The summed E-state index contributed by atoms with van der Waals surface area (Å²) in [5, 5.41) is 0.299. The van der Waals surface area contributed by atoms with Gasteiger partial charge in [0.1, 0.15) is 0 Å². The van der Waals surface area contributed by atoms with Gasteiger partial charge in [0.15, 0.2) is 0 Å². The molecule has 0 saturated carbocycles. The van der Waals surface area contributed by atoms with Crippen LogP contribution in [0.2, 0.25) is 5.02 Å². The van der Waals surface area contributed by atoms with Crippen LogP contribution in [-0.2, 0) is 4.57 Å². The Labute approximate surface area is 117 Å². The van der Waals surface area contributed by atoms with Crippen molar-refractivity contribution in [3.63, 3.8) is 0 Å². The Balaban J connectivity index is 2.69. The van der Waals surface area contributed by atoms with E-state index >= 15 is 0 Å². The summed E-state index contributed by atoms with van der Waals surface area (Å²) in [7, 11) is -4.21. The SMILES string of the molecule is CC(CP(=O)(O)O)c1cc(Cl)cc2[nH]c(=O)c(=O)[nH]c12. The molecule has 0 fully saturated rings. The summed E-state index contributed by atoms with van der Waals surface area (Å²) in [6.07, 6.45) is -0.385. The van der Waals surface area contributed by atoms with Crippen molar-refractivity contribution >= 4 is 30.2 Å². The van der Waals surface area contributed by atoms with Gasteiger partial charge in [-0.3, -0.25) is 14.2 Å². The molecule has 1 unspecified atom stereocenters. The van der Waals surface area contributed by atoms with Crippen LogP contribution < -0.4 is 11.1 Å². The number of rotatable bonds is 3. The molecule has 0 bridgehead atoms. The molecule has 1 heterocycles. The predicted molar refractivity (Wildman–Crippen MR) is 75.5 cm³/mol. The lowest BCUT2D eigenvalue weighted by molar-refractivity contribution is 0.370. The van der Waals surface area contributed by atoms with E-state index in [1.54, 1.807) is 6.92 Å². The molecule has 0 saturated heterocycles. The largest absolute Gasteiger partial charge is 0.326 e. The highest BCUT2D eigenvalue weighted by Crippen LogP contribution is 2.41. The Morgan fingerprint density at radius 2 is 1.85 bits per heavy atom. The van der Waals surface area contributed by atoms with Crippen molar-refractivity contribution in [3.05, 3.63) is 43.4 Å². The summed E-state index contributed by atoms with van der Waals surface area (Å²) in [5.41, 5.74) is -0.545. The van der Waals surface area contributed by atoms with Crippen molar-refractivity contribution < 1.29 is 14.4 Å². The lowest BCUT2D eigenvalue weighted by atomic mass is 10.0.